The highest BCUT2D eigenvalue weighted by Crippen LogP contribution is 2.59. The van der Waals surface area contributed by atoms with E-state index in [1.54, 1.807) is 36.0 Å². The van der Waals surface area contributed by atoms with Crippen molar-refractivity contribution in [3.05, 3.63) is 63.5 Å². The third-order valence-electron chi connectivity index (χ3n) is 6.87. The van der Waals surface area contributed by atoms with Crippen LogP contribution in [0.3, 0.4) is 0 Å². The van der Waals surface area contributed by atoms with Crippen molar-refractivity contribution in [2.45, 2.75) is 25.1 Å². The highest BCUT2D eigenvalue weighted by atomic mass is 19.4. The van der Waals surface area contributed by atoms with Gasteiger partial charge in [-0.15, -0.1) is 13.2 Å². The van der Waals surface area contributed by atoms with Gasteiger partial charge in [-0.05, 0) is 42.5 Å². The Balaban J connectivity index is 1.45. The number of carbonyl (C=O) groups excluding carboxylic acids is 1. The molecule has 1 aromatic carbocycles. The Labute approximate surface area is 186 Å². The van der Waals surface area contributed by atoms with Gasteiger partial charge in [0, 0.05) is 45.0 Å². The van der Waals surface area contributed by atoms with E-state index in [0.717, 1.165) is 17.7 Å². The first-order chi connectivity index (χ1) is 15.4. The highest BCUT2D eigenvalue weighted by molar-refractivity contribution is 6.07. The van der Waals surface area contributed by atoms with Crippen molar-refractivity contribution in [3.8, 4) is 5.75 Å². The van der Waals surface area contributed by atoms with Crippen molar-refractivity contribution in [2.75, 3.05) is 13.1 Å². The molecule has 1 saturated carbocycles. The molecule has 2 unspecified atom stereocenters. The minimum Gasteiger partial charge on any atom is -0.403 e. The molecule has 0 radical (unpaired) electrons. The Morgan fingerprint density at radius 2 is 1.91 bits per heavy atom. The number of hydrogen-bond acceptors (Lipinski definition) is 3. The zero-order valence-corrected chi connectivity index (χ0v) is 18.2. The number of pyridine rings is 1. The predicted octanol–water partition coefficient (Wildman–Crippen LogP) is 3.64. The molecule has 6 nitrogen and oxygen atoms in total. The van der Waals surface area contributed by atoms with Crippen LogP contribution in [0.15, 0.2) is 35.4 Å². The van der Waals surface area contributed by atoms with E-state index >= 15 is 0 Å². The fraction of sp³-hybridized carbons (Fsp3) is 0.391. The molecular formula is C23H21F4N3O3. The number of rotatable bonds is 3. The fourth-order valence-corrected chi connectivity index (χ4v) is 5.34. The SMILES string of the molecule is Cc1cn(C)c(=O)c2c(C(=O)N3CC4CC4(c4ccc(OC(F)(F)F)c(F)c4)C3)cn(C)c12. The quantitative estimate of drug-likeness (QED) is 0.558. The minimum absolute atomic E-state index is 0.0785. The van der Waals surface area contributed by atoms with Crippen LogP contribution in [0.2, 0.25) is 0 Å². The molecule has 174 valence electrons. The van der Waals surface area contributed by atoms with Crippen molar-refractivity contribution < 1.29 is 27.1 Å². The molecule has 1 aliphatic carbocycles. The van der Waals surface area contributed by atoms with Gasteiger partial charge in [-0.3, -0.25) is 9.59 Å². The van der Waals surface area contributed by atoms with E-state index in [9.17, 15) is 27.2 Å². The Morgan fingerprint density at radius 1 is 1.18 bits per heavy atom. The summed E-state index contributed by atoms with van der Waals surface area (Å²) in [6.45, 7) is 2.61. The van der Waals surface area contributed by atoms with Crippen LogP contribution in [0.25, 0.3) is 10.9 Å². The summed E-state index contributed by atoms with van der Waals surface area (Å²) in [5.74, 6) is -2.18. The Morgan fingerprint density at radius 3 is 2.58 bits per heavy atom. The number of benzene rings is 1. The lowest BCUT2D eigenvalue weighted by Crippen LogP contribution is -2.33. The second kappa shape index (κ2) is 6.85. The molecule has 3 heterocycles. The van der Waals surface area contributed by atoms with Gasteiger partial charge in [-0.2, -0.15) is 0 Å². The monoisotopic (exact) mass is 463 g/mol. The van der Waals surface area contributed by atoms with Gasteiger partial charge < -0.3 is 18.8 Å². The second-order valence-electron chi connectivity index (χ2n) is 9.04. The number of fused-ring (bicyclic) bond motifs is 2. The normalized spacial score (nSPS) is 22.0. The van der Waals surface area contributed by atoms with Crippen LogP contribution in [0.4, 0.5) is 17.6 Å². The zero-order valence-electron chi connectivity index (χ0n) is 18.2. The average Bonchev–Trinajstić information content (AvgIpc) is 3.10. The van der Waals surface area contributed by atoms with Crippen LogP contribution in [0.1, 0.15) is 27.9 Å². The maximum Gasteiger partial charge on any atom is 0.573 e. The first-order valence-electron chi connectivity index (χ1n) is 10.4. The zero-order chi connectivity index (χ0) is 23.9. The molecule has 33 heavy (non-hydrogen) atoms. The van der Waals surface area contributed by atoms with E-state index in [-0.39, 0.29) is 17.4 Å². The number of aromatic nitrogens is 2. The van der Waals surface area contributed by atoms with E-state index in [0.29, 0.717) is 41.5 Å². The number of alkyl halides is 3. The molecule has 0 spiro atoms. The molecule has 2 aromatic heterocycles. The topological polar surface area (TPSA) is 56.5 Å². The lowest BCUT2D eigenvalue weighted by molar-refractivity contribution is -0.275. The first-order valence-corrected chi connectivity index (χ1v) is 10.4. The summed E-state index contributed by atoms with van der Waals surface area (Å²) >= 11 is 0. The molecule has 5 rings (SSSR count). The highest BCUT2D eigenvalue weighted by Gasteiger charge is 2.62. The summed E-state index contributed by atoms with van der Waals surface area (Å²) in [5.41, 5.74) is 1.65. The van der Waals surface area contributed by atoms with Crippen molar-refractivity contribution in [2.24, 2.45) is 20.0 Å². The van der Waals surface area contributed by atoms with E-state index < -0.39 is 23.3 Å². The second-order valence-corrected chi connectivity index (χ2v) is 9.04. The summed E-state index contributed by atoms with van der Waals surface area (Å²) in [4.78, 5) is 27.9. The van der Waals surface area contributed by atoms with Gasteiger partial charge in [0.05, 0.1) is 16.5 Å². The van der Waals surface area contributed by atoms with Gasteiger partial charge in [-0.25, -0.2) is 4.39 Å². The number of likely N-dealkylation sites (tertiary alicyclic amines) is 1. The van der Waals surface area contributed by atoms with Gasteiger partial charge in [0.2, 0.25) is 0 Å². The van der Waals surface area contributed by atoms with Crippen molar-refractivity contribution in [1.29, 1.82) is 0 Å². The summed E-state index contributed by atoms with van der Waals surface area (Å²) in [5, 5.41) is 0.360. The van der Waals surface area contributed by atoms with Gasteiger partial charge >= 0.3 is 6.36 Å². The molecule has 3 aromatic rings. The van der Waals surface area contributed by atoms with Crippen molar-refractivity contribution >= 4 is 16.8 Å². The molecular weight excluding hydrogens is 442 g/mol. The molecule has 1 saturated heterocycles. The van der Waals surface area contributed by atoms with Gasteiger partial charge in [0.15, 0.2) is 11.6 Å². The number of hydrogen-bond donors (Lipinski definition) is 0. The van der Waals surface area contributed by atoms with Crippen LogP contribution in [-0.2, 0) is 19.5 Å². The summed E-state index contributed by atoms with van der Waals surface area (Å²) in [7, 11) is 3.42. The molecule has 2 atom stereocenters. The van der Waals surface area contributed by atoms with Gasteiger partial charge in [0.1, 0.15) is 0 Å². The largest absolute Gasteiger partial charge is 0.573 e. The van der Waals surface area contributed by atoms with E-state index in [1.807, 2.05) is 6.92 Å². The van der Waals surface area contributed by atoms with E-state index in [1.165, 1.54) is 10.6 Å². The summed E-state index contributed by atoms with van der Waals surface area (Å²) in [6, 6.07) is 3.46. The summed E-state index contributed by atoms with van der Waals surface area (Å²) in [6.07, 6.45) is -0.889. The van der Waals surface area contributed by atoms with Gasteiger partial charge in [-0.1, -0.05) is 6.07 Å². The number of nitrogens with zero attached hydrogens (tertiary/aromatic N) is 3. The van der Waals surface area contributed by atoms with Crippen LogP contribution in [0, 0.1) is 18.7 Å². The van der Waals surface area contributed by atoms with Crippen LogP contribution >= 0.6 is 0 Å². The lowest BCUT2D eigenvalue weighted by atomic mass is 9.94. The molecule has 0 bridgehead atoms. The Hall–Kier alpha value is -3.30. The van der Waals surface area contributed by atoms with Crippen molar-refractivity contribution in [1.82, 2.24) is 14.0 Å². The molecule has 2 fully saturated rings. The maximum absolute atomic E-state index is 14.3. The third kappa shape index (κ3) is 3.30. The third-order valence-corrected chi connectivity index (χ3v) is 6.87. The van der Waals surface area contributed by atoms with Crippen LogP contribution in [0.5, 0.6) is 5.75 Å². The number of halogens is 4. The smallest absolute Gasteiger partial charge is 0.403 e. The molecule has 1 amide bonds. The number of ether oxygens (including phenoxy) is 1. The number of amides is 1. The predicted molar refractivity (Wildman–Crippen MR) is 112 cm³/mol. The summed E-state index contributed by atoms with van der Waals surface area (Å²) < 4.78 is 58.5. The van der Waals surface area contributed by atoms with Crippen molar-refractivity contribution in [3.63, 3.8) is 0 Å². The number of aryl methyl sites for hydroxylation is 3. The average molecular weight is 463 g/mol. The lowest BCUT2D eigenvalue weighted by Gasteiger charge is -2.21. The first kappa shape index (κ1) is 21.5. The van der Waals surface area contributed by atoms with Crippen LogP contribution < -0.4 is 10.3 Å². The van der Waals surface area contributed by atoms with E-state index in [4.69, 9.17) is 0 Å². The maximum atomic E-state index is 14.3. The Bertz CT molecular complexity index is 1370. The molecule has 10 heteroatoms. The number of piperidine rings is 1. The van der Waals surface area contributed by atoms with E-state index in [2.05, 4.69) is 4.74 Å². The fourth-order valence-electron chi connectivity index (χ4n) is 5.34. The van der Waals surface area contributed by atoms with Crippen LogP contribution in [-0.4, -0.2) is 39.4 Å². The van der Waals surface area contributed by atoms with Gasteiger partial charge in [0.25, 0.3) is 11.5 Å². The molecule has 2 aliphatic rings. The Kier molecular flexibility index (Phi) is 4.47. The molecule has 0 N–H and O–H groups in total. The minimum atomic E-state index is -4.98. The number of carbonyl (C=O) groups is 1. The molecule has 1 aliphatic heterocycles. The standard InChI is InChI=1S/C23H21F4N3O3/c1-12-8-29(3)21(32)18-15(10-28(2)19(12)18)20(31)30-9-14-7-22(14,11-30)13-4-5-17(16(24)6-13)33-23(25,26)27/h4-6,8,10,14H,7,9,11H2,1-3H3.